The standard InChI is InChI=1S/C15H22/c1-2-3-4-5-6-7-9-12-15-13-10-8-11-14-15/h6-8,10-11,13-14H,2-5,9,12H2,1H3/b7-6+. The average Bonchev–Trinajstić information content (AvgIpc) is 2.29. The topological polar surface area (TPSA) is 0 Å². The highest BCUT2D eigenvalue weighted by atomic mass is 13.9. The highest BCUT2D eigenvalue weighted by Gasteiger charge is 1.88. The first kappa shape index (κ1) is 12.0. The zero-order valence-corrected chi connectivity index (χ0v) is 9.78. The smallest absolute Gasteiger partial charge is 0.0244 e. The molecule has 1 rings (SSSR count). The monoisotopic (exact) mass is 202 g/mol. The fraction of sp³-hybridized carbons (Fsp3) is 0.467. The second-order valence-corrected chi connectivity index (χ2v) is 3.99. The predicted octanol–water partition coefficient (Wildman–Crippen LogP) is 4.76. The van der Waals surface area contributed by atoms with Gasteiger partial charge in [0.2, 0.25) is 0 Å². The first-order valence-corrected chi connectivity index (χ1v) is 6.12. The molecule has 0 aliphatic rings. The van der Waals surface area contributed by atoms with Gasteiger partial charge in [0.25, 0.3) is 0 Å². The van der Waals surface area contributed by atoms with Crippen molar-refractivity contribution in [2.24, 2.45) is 0 Å². The second-order valence-electron chi connectivity index (χ2n) is 3.99. The Hall–Kier alpha value is -1.04. The molecule has 0 saturated carbocycles. The van der Waals surface area contributed by atoms with Gasteiger partial charge in [0.1, 0.15) is 0 Å². The number of hydrogen-bond donors (Lipinski definition) is 0. The number of rotatable bonds is 7. The second kappa shape index (κ2) is 8.28. The Balaban J connectivity index is 2.06. The molecule has 0 atom stereocenters. The van der Waals surface area contributed by atoms with Crippen LogP contribution >= 0.6 is 0 Å². The summed E-state index contributed by atoms with van der Waals surface area (Å²) in [6.07, 6.45) is 12.3. The molecule has 0 unspecified atom stereocenters. The fourth-order valence-electron chi connectivity index (χ4n) is 1.64. The molecule has 0 nitrogen and oxygen atoms in total. The van der Waals surface area contributed by atoms with E-state index < -0.39 is 0 Å². The van der Waals surface area contributed by atoms with Crippen LogP contribution in [0.25, 0.3) is 0 Å². The van der Waals surface area contributed by atoms with Crippen LogP contribution in [0.2, 0.25) is 0 Å². The third kappa shape index (κ3) is 6.11. The van der Waals surface area contributed by atoms with E-state index in [1.807, 2.05) is 0 Å². The van der Waals surface area contributed by atoms with E-state index in [4.69, 9.17) is 0 Å². The van der Waals surface area contributed by atoms with Crippen LogP contribution in [-0.4, -0.2) is 0 Å². The Morgan fingerprint density at radius 3 is 2.40 bits per heavy atom. The van der Waals surface area contributed by atoms with Crippen molar-refractivity contribution in [1.82, 2.24) is 0 Å². The molecular formula is C15H22. The van der Waals surface area contributed by atoms with E-state index in [2.05, 4.69) is 49.4 Å². The first-order chi connectivity index (χ1) is 7.43. The van der Waals surface area contributed by atoms with Crippen molar-refractivity contribution in [1.29, 1.82) is 0 Å². The molecule has 0 aliphatic carbocycles. The lowest BCUT2D eigenvalue weighted by Crippen LogP contribution is -1.81. The summed E-state index contributed by atoms with van der Waals surface area (Å²) in [5.74, 6) is 0. The molecule has 0 saturated heterocycles. The summed E-state index contributed by atoms with van der Waals surface area (Å²) in [5, 5.41) is 0. The molecule has 0 N–H and O–H groups in total. The SMILES string of the molecule is CCCCC/C=C/CCc1ccccc1. The van der Waals surface area contributed by atoms with Gasteiger partial charge in [-0.25, -0.2) is 0 Å². The Bertz CT molecular complexity index is 259. The zero-order valence-electron chi connectivity index (χ0n) is 9.78. The van der Waals surface area contributed by atoms with Gasteiger partial charge in [0.05, 0.1) is 0 Å². The summed E-state index contributed by atoms with van der Waals surface area (Å²) in [5.41, 5.74) is 1.44. The lowest BCUT2D eigenvalue weighted by atomic mass is 10.1. The lowest BCUT2D eigenvalue weighted by Gasteiger charge is -1.96. The third-order valence-corrected chi connectivity index (χ3v) is 2.58. The van der Waals surface area contributed by atoms with Crippen LogP contribution in [0.3, 0.4) is 0 Å². The summed E-state index contributed by atoms with van der Waals surface area (Å²) in [6.45, 7) is 2.25. The molecule has 82 valence electrons. The number of aryl methyl sites for hydroxylation is 1. The molecule has 0 spiro atoms. The van der Waals surface area contributed by atoms with Crippen LogP contribution in [0.1, 0.15) is 44.6 Å². The summed E-state index contributed by atoms with van der Waals surface area (Å²) in [6, 6.07) is 10.7. The minimum atomic E-state index is 1.17. The molecular weight excluding hydrogens is 180 g/mol. The molecule has 0 fully saturated rings. The quantitative estimate of drug-likeness (QED) is 0.442. The molecule has 0 aromatic heterocycles. The summed E-state index contributed by atoms with van der Waals surface area (Å²) in [4.78, 5) is 0. The van der Waals surface area contributed by atoms with E-state index in [-0.39, 0.29) is 0 Å². The van der Waals surface area contributed by atoms with Gasteiger partial charge in [0.15, 0.2) is 0 Å². The van der Waals surface area contributed by atoms with Gasteiger partial charge in [-0.15, -0.1) is 0 Å². The van der Waals surface area contributed by atoms with Crippen molar-refractivity contribution in [2.75, 3.05) is 0 Å². The van der Waals surface area contributed by atoms with E-state index in [9.17, 15) is 0 Å². The van der Waals surface area contributed by atoms with E-state index in [1.54, 1.807) is 0 Å². The predicted molar refractivity (Wildman–Crippen MR) is 68.0 cm³/mol. The number of allylic oxidation sites excluding steroid dienone is 2. The van der Waals surface area contributed by atoms with Crippen molar-refractivity contribution in [3.05, 3.63) is 48.0 Å². The maximum Gasteiger partial charge on any atom is -0.0244 e. The largest absolute Gasteiger partial charge is 0.0885 e. The van der Waals surface area contributed by atoms with Gasteiger partial charge in [-0.1, -0.05) is 62.2 Å². The lowest BCUT2D eigenvalue weighted by molar-refractivity contribution is 0.728. The molecule has 0 amide bonds. The van der Waals surface area contributed by atoms with Crippen LogP contribution in [-0.2, 0) is 6.42 Å². The Morgan fingerprint density at radius 2 is 1.67 bits per heavy atom. The van der Waals surface area contributed by atoms with Crippen LogP contribution in [0.5, 0.6) is 0 Å². The number of benzene rings is 1. The Kier molecular flexibility index (Phi) is 6.64. The highest BCUT2D eigenvalue weighted by molar-refractivity contribution is 5.15. The number of hydrogen-bond acceptors (Lipinski definition) is 0. The van der Waals surface area contributed by atoms with E-state index in [0.29, 0.717) is 0 Å². The molecule has 0 heteroatoms. The molecule has 0 aliphatic heterocycles. The summed E-state index contributed by atoms with van der Waals surface area (Å²) in [7, 11) is 0. The van der Waals surface area contributed by atoms with Crippen LogP contribution in [0.15, 0.2) is 42.5 Å². The highest BCUT2D eigenvalue weighted by Crippen LogP contribution is 2.04. The Labute approximate surface area is 94.0 Å². The molecule has 1 aromatic carbocycles. The van der Waals surface area contributed by atoms with E-state index in [0.717, 1.165) is 0 Å². The molecule has 0 bridgehead atoms. The van der Waals surface area contributed by atoms with Gasteiger partial charge in [-0.05, 0) is 31.2 Å². The van der Waals surface area contributed by atoms with Crippen LogP contribution < -0.4 is 0 Å². The van der Waals surface area contributed by atoms with Gasteiger partial charge in [0, 0.05) is 0 Å². The van der Waals surface area contributed by atoms with Crippen molar-refractivity contribution in [3.63, 3.8) is 0 Å². The van der Waals surface area contributed by atoms with Gasteiger partial charge >= 0.3 is 0 Å². The third-order valence-electron chi connectivity index (χ3n) is 2.58. The van der Waals surface area contributed by atoms with Crippen LogP contribution in [0.4, 0.5) is 0 Å². The normalized spacial score (nSPS) is 11.0. The minimum Gasteiger partial charge on any atom is -0.0885 e. The maximum absolute atomic E-state index is 2.33. The molecule has 1 aromatic rings. The molecule has 0 radical (unpaired) electrons. The van der Waals surface area contributed by atoms with E-state index >= 15 is 0 Å². The van der Waals surface area contributed by atoms with Crippen molar-refractivity contribution < 1.29 is 0 Å². The molecule has 0 heterocycles. The Morgan fingerprint density at radius 1 is 0.933 bits per heavy atom. The number of unbranched alkanes of at least 4 members (excludes halogenated alkanes) is 3. The van der Waals surface area contributed by atoms with Gasteiger partial charge in [-0.3, -0.25) is 0 Å². The van der Waals surface area contributed by atoms with Crippen molar-refractivity contribution in [2.45, 2.75) is 45.4 Å². The van der Waals surface area contributed by atoms with Crippen molar-refractivity contribution in [3.8, 4) is 0 Å². The fourth-order valence-corrected chi connectivity index (χ4v) is 1.64. The zero-order chi connectivity index (χ0) is 10.8. The van der Waals surface area contributed by atoms with Crippen LogP contribution in [0, 0.1) is 0 Å². The summed E-state index contributed by atoms with van der Waals surface area (Å²) >= 11 is 0. The maximum atomic E-state index is 2.33. The van der Waals surface area contributed by atoms with Gasteiger partial charge < -0.3 is 0 Å². The first-order valence-electron chi connectivity index (χ1n) is 6.12. The average molecular weight is 202 g/mol. The summed E-state index contributed by atoms with van der Waals surface area (Å²) < 4.78 is 0. The van der Waals surface area contributed by atoms with Crippen molar-refractivity contribution >= 4 is 0 Å². The van der Waals surface area contributed by atoms with Gasteiger partial charge in [-0.2, -0.15) is 0 Å². The van der Waals surface area contributed by atoms with E-state index in [1.165, 1.54) is 44.1 Å². The molecule has 15 heavy (non-hydrogen) atoms. The minimum absolute atomic E-state index is 1.17.